The highest BCUT2D eigenvalue weighted by Crippen LogP contribution is 2.06. The van der Waals surface area contributed by atoms with Gasteiger partial charge in [-0.3, -0.25) is 4.79 Å². The highest BCUT2D eigenvalue weighted by Gasteiger charge is 2.12. The molecule has 5 heteroatoms. The molecule has 0 aliphatic rings. The summed E-state index contributed by atoms with van der Waals surface area (Å²) in [6.07, 6.45) is 4.95. The van der Waals surface area contributed by atoms with E-state index in [4.69, 9.17) is 0 Å². The maximum absolute atomic E-state index is 11.8. The van der Waals surface area contributed by atoms with E-state index in [2.05, 4.69) is 29.2 Å². The summed E-state index contributed by atoms with van der Waals surface area (Å²) in [6.45, 7) is 4.76. The molecule has 0 spiro atoms. The Morgan fingerprint density at radius 3 is 3.12 bits per heavy atom. The highest BCUT2D eigenvalue weighted by molar-refractivity contribution is 5.99. The fourth-order valence-electron chi connectivity index (χ4n) is 1.38. The van der Waals surface area contributed by atoms with Crippen molar-refractivity contribution in [1.82, 2.24) is 19.9 Å². The van der Waals surface area contributed by atoms with Gasteiger partial charge in [-0.2, -0.15) is 5.10 Å². The summed E-state index contributed by atoms with van der Waals surface area (Å²) in [4.78, 5) is 15.9. The maximum atomic E-state index is 11.8. The van der Waals surface area contributed by atoms with Gasteiger partial charge in [0.1, 0.15) is 5.56 Å². The van der Waals surface area contributed by atoms with Gasteiger partial charge in [0, 0.05) is 18.9 Å². The van der Waals surface area contributed by atoms with E-state index in [0.29, 0.717) is 23.7 Å². The van der Waals surface area contributed by atoms with Crippen LogP contribution in [0.15, 0.2) is 24.7 Å². The second-order valence-corrected chi connectivity index (χ2v) is 4.05. The third-order valence-corrected chi connectivity index (χ3v) is 2.19. The summed E-state index contributed by atoms with van der Waals surface area (Å²) in [6, 6.07) is 1.77. The van der Waals surface area contributed by atoms with Crippen molar-refractivity contribution < 1.29 is 4.79 Å². The summed E-state index contributed by atoms with van der Waals surface area (Å²) in [7, 11) is 0. The third kappa shape index (κ3) is 2.03. The molecule has 16 heavy (non-hydrogen) atoms. The standard InChI is InChI=1S/C11H14N4O/c1-8(2)6-13-11(16)9-7-14-15-5-3-4-12-10(9)15/h3-5,7-8H,6H2,1-2H3,(H,13,16). The van der Waals surface area contributed by atoms with Gasteiger partial charge < -0.3 is 5.32 Å². The van der Waals surface area contributed by atoms with Gasteiger partial charge in [0.25, 0.3) is 5.91 Å². The molecule has 2 heterocycles. The number of aromatic nitrogens is 3. The minimum atomic E-state index is -0.123. The lowest BCUT2D eigenvalue weighted by atomic mass is 10.2. The zero-order chi connectivity index (χ0) is 11.5. The first-order chi connectivity index (χ1) is 7.68. The van der Waals surface area contributed by atoms with Crippen molar-refractivity contribution in [2.75, 3.05) is 6.54 Å². The number of nitrogens with zero attached hydrogens (tertiary/aromatic N) is 3. The van der Waals surface area contributed by atoms with Crippen molar-refractivity contribution in [3.05, 3.63) is 30.2 Å². The van der Waals surface area contributed by atoms with Crippen molar-refractivity contribution >= 4 is 11.6 Å². The normalized spacial score (nSPS) is 10.9. The number of hydrogen-bond acceptors (Lipinski definition) is 3. The zero-order valence-corrected chi connectivity index (χ0v) is 9.34. The van der Waals surface area contributed by atoms with Crippen LogP contribution in [-0.4, -0.2) is 27.0 Å². The average Bonchev–Trinajstić information content (AvgIpc) is 2.69. The van der Waals surface area contributed by atoms with Gasteiger partial charge in [-0.1, -0.05) is 13.8 Å². The molecule has 0 aliphatic heterocycles. The molecular formula is C11H14N4O. The second-order valence-electron chi connectivity index (χ2n) is 4.05. The quantitative estimate of drug-likeness (QED) is 0.839. The Bertz CT molecular complexity index is 503. The van der Waals surface area contributed by atoms with E-state index in [9.17, 15) is 4.79 Å². The Balaban J connectivity index is 2.23. The van der Waals surface area contributed by atoms with Crippen LogP contribution in [0.5, 0.6) is 0 Å². The predicted molar refractivity (Wildman–Crippen MR) is 60.2 cm³/mol. The zero-order valence-electron chi connectivity index (χ0n) is 9.34. The van der Waals surface area contributed by atoms with E-state index < -0.39 is 0 Å². The number of hydrogen-bond donors (Lipinski definition) is 1. The monoisotopic (exact) mass is 218 g/mol. The van der Waals surface area contributed by atoms with Crippen LogP contribution in [0.2, 0.25) is 0 Å². The van der Waals surface area contributed by atoms with E-state index in [0.717, 1.165) is 0 Å². The van der Waals surface area contributed by atoms with E-state index in [-0.39, 0.29) is 5.91 Å². The number of amides is 1. The van der Waals surface area contributed by atoms with E-state index >= 15 is 0 Å². The molecule has 2 rings (SSSR count). The fraction of sp³-hybridized carbons (Fsp3) is 0.364. The Hall–Kier alpha value is -1.91. The number of carbonyl (C=O) groups excluding carboxylic acids is 1. The maximum Gasteiger partial charge on any atom is 0.256 e. The molecule has 0 radical (unpaired) electrons. The SMILES string of the molecule is CC(C)CNC(=O)c1cnn2cccnc12. The first-order valence-corrected chi connectivity index (χ1v) is 5.25. The summed E-state index contributed by atoms with van der Waals surface area (Å²) in [5, 5.41) is 6.90. The van der Waals surface area contributed by atoms with Crippen molar-refractivity contribution in [3.63, 3.8) is 0 Å². The van der Waals surface area contributed by atoms with Crippen LogP contribution < -0.4 is 5.32 Å². The number of fused-ring (bicyclic) bond motifs is 1. The smallest absolute Gasteiger partial charge is 0.256 e. The summed E-state index contributed by atoms with van der Waals surface area (Å²) in [5.74, 6) is 0.307. The van der Waals surface area contributed by atoms with Gasteiger partial charge in [-0.15, -0.1) is 0 Å². The molecule has 2 aromatic heterocycles. The van der Waals surface area contributed by atoms with Crippen molar-refractivity contribution in [2.45, 2.75) is 13.8 Å². The van der Waals surface area contributed by atoms with Crippen molar-refractivity contribution in [3.8, 4) is 0 Å². The first kappa shape index (κ1) is 10.6. The van der Waals surface area contributed by atoms with Crippen LogP contribution in [0, 0.1) is 5.92 Å². The van der Waals surface area contributed by atoms with Gasteiger partial charge in [0.05, 0.1) is 6.20 Å². The van der Waals surface area contributed by atoms with Crippen LogP contribution in [0.4, 0.5) is 0 Å². The Morgan fingerprint density at radius 2 is 2.38 bits per heavy atom. The lowest BCUT2D eigenvalue weighted by Crippen LogP contribution is -2.27. The Labute approximate surface area is 93.5 Å². The fourth-order valence-corrected chi connectivity index (χ4v) is 1.38. The molecule has 0 saturated heterocycles. The number of carbonyl (C=O) groups is 1. The summed E-state index contributed by atoms with van der Waals surface area (Å²) >= 11 is 0. The van der Waals surface area contributed by atoms with Gasteiger partial charge in [-0.05, 0) is 12.0 Å². The van der Waals surface area contributed by atoms with Crippen molar-refractivity contribution in [1.29, 1.82) is 0 Å². The Kier molecular flexibility index (Phi) is 2.85. The average molecular weight is 218 g/mol. The van der Waals surface area contributed by atoms with Gasteiger partial charge in [0.2, 0.25) is 0 Å². The van der Waals surface area contributed by atoms with E-state index in [1.807, 2.05) is 0 Å². The number of rotatable bonds is 3. The van der Waals surface area contributed by atoms with E-state index in [1.165, 1.54) is 6.20 Å². The molecule has 5 nitrogen and oxygen atoms in total. The largest absolute Gasteiger partial charge is 0.352 e. The van der Waals surface area contributed by atoms with Gasteiger partial charge in [0.15, 0.2) is 5.65 Å². The second kappa shape index (κ2) is 4.30. The lowest BCUT2D eigenvalue weighted by molar-refractivity contribution is 0.0950. The molecular weight excluding hydrogens is 204 g/mol. The molecule has 0 bridgehead atoms. The molecule has 0 unspecified atom stereocenters. The van der Waals surface area contributed by atoms with Crippen LogP contribution in [0.1, 0.15) is 24.2 Å². The van der Waals surface area contributed by atoms with Gasteiger partial charge >= 0.3 is 0 Å². The minimum absolute atomic E-state index is 0.123. The molecule has 0 fully saturated rings. The molecule has 2 aromatic rings. The molecule has 1 amide bonds. The number of nitrogens with one attached hydrogen (secondary N) is 1. The predicted octanol–water partition coefficient (Wildman–Crippen LogP) is 1.12. The minimum Gasteiger partial charge on any atom is -0.352 e. The molecule has 0 saturated carbocycles. The van der Waals surface area contributed by atoms with Gasteiger partial charge in [-0.25, -0.2) is 9.50 Å². The molecule has 0 aliphatic carbocycles. The van der Waals surface area contributed by atoms with E-state index in [1.54, 1.807) is 23.0 Å². The topological polar surface area (TPSA) is 59.3 Å². The highest BCUT2D eigenvalue weighted by atomic mass is 16.1. The van der Waals surface area contributed by atoms with Crippen LogP contribution in [0.3, 0.4) is 0 Å². The first-order valence-electron chi connectivity index (χ1n) is 5.25. The van der Waals surface area contributed by atoms with Crippen LogP contribution in [-0.2, 0) is 0 Å². The van der Waals surface area contributed by atoms with Crippen molar-refractivity contribution in [2.24, 2.45) is 5.92 Å². The Morgan fingerprint density at radius 1 is 1.56 bits per heavy atom. The molecule has 0 aromatic carbocycles. The lowest BCUT2D eigenvalue weighted by Gasteiger charge is -2.05. The van der Waals surface area contributed by atoms with Crippen LogP contribution >= 0.6 is 0 Å². The van der Waals surface area contributed by atoms with Crippen LogP contribution in [0.25, 0.3) is 5.65 Å². The summed E-state index contributed by atoms with van der Waals surface area (Å²) in [5.41, 5.74) is 1.10. The third-order valence-electron chi connectivity index (χ3n) is 2.19. The molecule has 84 valence electrons. The molecule has 1 N–H and O–H groups in total. The summed E-state index contributed by atoms with van der Waals surface area (Å²) < 4.78 is 1.59. The molecule has 0 atom stereocenters.